The van der Waals surface area contributed by atoms with Gasteiger partial charge in [0.25, 0.3) is 0 Å². The van der Waals surface area contributed by atoms with Crippen LogP contribution >= 0.6 is 0 Å². The maximum Gasteiger partial charge on any atom is 0.227 e. The molecule has 0 saturated carbocycles. The van der Waals surface area contributed by atoms with Gasteiger partial charge in [-0.3, -0.25) is 4.98 Å². The lowest BCUT2D eigenvalue weighted by Crippen LogP contribution is -2.12. The Hall–Kier alpha value is -4.11. The normalized spacial score (nSPS) is 11.6. The molecule has 0 N–H and O–H groups in total. The molecular weight excluding hydrogens is 438 g/mol. The van der Waals surface area contributed by atoms with Crippen molar-refractivity contribution in [3.8, 4) is 28.1 Å². The molecule has 0 saturated heterocycles. The number of sulfone groups is 1. The van der Waals surface area contributed by atoms with E-state index in [4.69, 9.17) is 9.84 Å². The van der Waals surface area contributed by atoms with Crippen molar-refractivity contribution < 1.29 is 13.2 Å². The van der Waals surface area contributed by atoms with Gasteiger partial charge in [-0.25, -0.2) is 12.9 Å². The van der Waals surface area contributed by atoms with Crippen molar-refractivity contribution in [1.82, 2.24) is 24.8 Å². The van der Waals surface area contributed by atoms with Crippen LogP contribution < -0.4 is 4.74 Å². The predicted molar refractivity (Wildman–Crippen MR) is 123 cm³/mol. The van der Waals surface area contributed by atoms with Gasteiger partial charge in [0, 0.05) is 18.0 Å². The summed E-state index contributed by atoms with van der Waals surface area (Å²) in [5.41, 5.74) is 3.81. The van der Waals surface area contributed by atoms with E-state index >= 15 is 0 Å². The SMILES string of the molecule is COc1cccc(-c2c(-c3ccncc3)nn3c(C)c(S(=O)(=O)c4ccccc4)nnc23)c1. The first-order valence-electron chi connectivity index (χ1n) is 10.1. The van der Waals surface area contributed by atoms with Crippen molar-refractivity contribution in [2.75, 3.05) is 7.11 Å². The van der Waals surface area contributed by atoms with Crippen LogP contribution in [0, 0.1) is 6.92 Å². The van der Waals surface area contributed by atoms with Gasteiger partial charge in [0.05, 0.1) is 23.3 Å². The average Bonchev–Trinajstić information content (AvgIpc) is 3.26. The van der Waals surface area contributed by atoms with Gasteiger partial charge in [-0.15, -0.1) is 10.2 Å². The first-order chi connectivity index (χ1) is 16.0. The van der Waals surface area contributed by atoms with Crippen LogP contribution in [0.3, 0.4) is 0 Å². The van der Waals surface area contributed by atoms with E-state index in [1.54, 1.807) is 44.6 Å². The van der Waals surface area contributed by atoms with Crippen LogP contribution in [0.2, 0.25) is 0 Å². The lowest BCUT2D eigenvalue weighted by atomic mass is 10.0. The van der Waals surface area contributed by atoms with Gasteiger partial charge in [-0.1, -0.05) is 30.3 Å². The molecular formula is C24H19N5O3S. The molecule has 9 heteroatoms. The Balaban J connectivity index is 1.80. The van der Waals surface area contributed by atoms with E-state index in [1.807, 2.05) is 36.4 Å². The summed E-state index contributed by atoms with van der Waals surface area (Å²) in [6.07, 6.45) is 3.36. The number of nitrogens with zero attached hydrogens (tertiary/aromatic N) is 5. The predicted octanol–water partition coefficient (Wildman–Crippen LogP) is 4.00. The second-order valence-electron chi connectivity index (χ2n) is 7.33. The fourth-order valence-corrected chi connectivity index (χ4v) is 5.07. The van der Waals surface area contributed by atoms with Crippen LogP contribution in [0.5, 0.6) is 5.75 Å². The molecule has 0 aliphatic rings. The van der Waals surface area contributed by atoms with Gasteiger partial charge in [0.15, 0.2) is 5.65 Å². The highest BCUT2D eigenvalue weighted by atomic mass is 32.2. The molecule has 164 valence electrons. The molecule has 0 bridgehead atoms. The molecule has 0 radical (unpaired) electrons. The molecule has 0 spiro atoms. The summed E-state index contributed by atoms with van der Waals surface area (Å²) in [6.45, 7) is 1.68. The first kappa shape index (κ1) is 20.8. The van der Waals surface area contributed by atoms with E-state index in [-0.39, 0.29) is 9.92 Å². The van der Waals surface area contributed by atoms with Gasteiger partial charge in [-0.2, -0.15) is 5.10 Å². The standard InChI is InChI=1S/C24H19N5O3S/c1-16-24(33(30,31)20-9-4-3-5-10-20)27-26-23-21(18-7-6-8-19(15-18)32-2)22(28-29(16)23)17-11-13-25-14-12-17/h3-15H,1-2H3. The van der Waals surface area contributed by atoms with Crippen molar-refractivity contribution in [2.45, 2.75) is 16.8 Å². The average molecular weight is 458 g/mol. The topological polar surface area (TPSA) is 99.3 Å². The number of methoxy groups -OCH3 is 1. The van der Waals surface area contributed by atoms with Gasteiger partial charge in [0.1, 0.15) is 11.4 Å². The molecule has 3 heterocycles. The molecule has 5 rings (SSSR count). The first-order valence-corrected chi connectivity index (χ1v) is 11.6. The molecule has 33 heavy (non-hydrogen) atoms. The highest BCUT2D eigenvalue weighted by molar-refractivity contribution is 7.91. The summed E-state index contributed by atoms with van der Waals surface area (Å²) in [5.74, 6) is 0.681. The third-order valence-corrected chi connectivity index (χ3v) is 7.12. The third kappa shape index (κ3) is 3.52. The molecule has 2 aromatic carbocycles. The van der Waals surface area contributed by atoms with E-state index in [0.29, 0.717) is 22.8 Å². The maximum atomic E-state index is 13.2. The van der Waals surface area contributed by atoms with Gasteiger partial charge < -0.3 is 4.74 Å². The number of rotatable bonds is 5. The van der Waals surface area contributed by atoms with Gasteiger partial charge >= 0.3 is 0 Å². The molecule has 0 atom stereocenters. The van der Waals surface area contributed by atoms with Gasteiger partial charge in [0.2, 0.25) is 14.9 Å². The summed E-state index contributed by atoms with van der Waals surface area (Å²) in [6, 6.07) is 19.4. The summed E-state index contributed by atoms with van der Waals surface area (Å²) in [7, 11) is -2.27. The lowest BCUT2D eigenvalue weighted by molar-refractivity contribution is 0.415. The van der Waals surface area contributed by atoms with E-state index in [2.05, 4.69) is 15.2 Å². The highest BCUT2D eigenvalue weighted by Crippen LogP contribution is 2.36. The van der Waals surface area contributed by atoms with Gasteiger partial charge in [-0.05, 0) is 48.9 Å². The van der Waals surface area contributed by atoms with Crippen molar-refractivity contribution >= 4 is 15.5 Å². The van der Waals surface area contributed by atoms with Crippen LogP contribution in [0.1, 0.15) is 5.69 Å². The molecule has 0 unspecified atom stereocenters. The Morgan fingerprint density at radius 2 is 1.64 bits per heavy atom. The van der Waals surface area contributed by atoms with Crippen molar-refractivity contribution in [3.05, 3.63) is 84.8 Å². The van der Waals surface area contributed by atoms with E-state index in [0.717, 1.165) is 16.7 Å². The molecule has 3 aromatic heterocycles. The number of aromatic nitrogens is 5. The monoisotopic (exact) mass is 457 g/mol. The Morgan fingerprint density at radius 1 is 0.879 bits per heavy atom. The van der Waals surface area contributed by atoms with Crippen LogP contribution in [0.25, 0.3) is 28.0 Å². The van der Waals surface area contributed by atoms with Crippen LogP contribution in [-0.4, -0.2) is 40.3 Å². The van der Waals surface area contributed by atoms with Crippen LogP contribution in [0.4, 0.5) is 0 Å². The molecule has 0 fully saturated rings. The number of pyridine rings is 1. The third-order valence-electron chi connectivity index (χ3n) is 5.34. The Labute approximate surface area is 190 Å². The van der Waals surface area contributed by atoms with Crippen molar-refractivity contribution in [2.24, 2.45) is 0 Å². The lowest BCUT2D eigenvalue weighted by Gasteiger charge is -2.08. The minimum absolute atomic E-state index is 0.137. The molecule has 0 amide bonds. The second kappa shape index (κ2) is 8.10. The van der Waals surface area contributed by atoms with E-state index < -0.39 is 9.84 Å². The van der Waals surface area contributed by atoms with Crippen molar-refractivity contribution in [1.29, 1.82) is 0 Å². The summed E-state index contributed by atoms with van der Waals surface area (Å²) in [4.78, 5) is 4.24. The quantitative estimate of drug-likeness (QED) is 0.393. The maximum absolute atomic E-state index is 13.2. The van der Waals surface area contributed by atoms with Crippen LogP contribution in [0.15, 0.2) is 89.0 Å². The second-order valence-corrected chi connectivity index (χ2v) is 9.20. The smallest absolute Gasteiger partial charge is 0.227 e. The summed E-state index contributed by atoms with van der Waals surface area (Å²) >= 11 is 0. The van der Waals surface area contributed by atoms with Crippen molar-refractivity contribution in [3.63, 3.8) is 0 Å². The number of aryl methyl sites for hydroxylation is 1. The zero-order chi connectivity index (χ0) is 23.0. The fraction of sp³-hybridized carbons (Fsp3) is 0.0833. The number of ether oxygens (including phenoxy) is 1. The Kier molecular flexibility index (Phi) is 5.10. The minimum Gasteiger partial charge on any atom is -0.497 e. The summed E-state index contributed by atoms with van der Waals surface area (Å²) in [5, 5.41) is 13.1. The number of hydrogen-bond acceptors (Lipinski definition) is 7. The molecule has 0 aliphatic carbocycles. The highest BCUT2D eigenvalue weighted by Gasteiger charge is 2.27. The fourth-order valence-electron chi connectivity index (χ4n) is 3.71. The summed E-state index contributed by atoms with van der Waals surface area (Å²) < 4.78 is 33.4. The Morgan fingerprint density at radius 3 is 2.36 bits per heavy atom. The molecule has 0 aliphatic heterocycles. The minimum atomic E-state index is -3.87. The number of hydrogen-bond donors (Lipinski definition) is 0. The van der Waals surface area contributed by atoms with E-state index in [9.17, 15) is 8.42 Å². The Bertz CT molecular complexity index is 1570. The number of benzene rings is 2. The van der Waals surface area contributed by atoms with E-state index in [1.165, 1.54) is 16.6 Å². The zero-order valence-electron chi connectivity index (χ0n) is 17.9. The number of fused-ring (bicyclic) bond motifs is 1. The molecule has 8 nitrogen and oxygen atoms in total. The molecule has 5 aromatic rings. The zero-order valence-corrected chi connectivity index (χ0v) is 18.7. The largest absolute Gasteiger partial charge is 0.497 e. The van der Waals surface area contributed by atoms with Crippen LogP contribution in [-0.2, 0) is 9.84 Å².